The van der Waals surface area contributed by atoms with Gasteiger partial charge in [0.2, 0.25) is 11.8 Å². The van der Waals surface area contributed by atoms with Gasteiger partial charge in [0.25, 0.3) is 0 Å². The summed E-state index contributed by atoms with van der Waals surface area (Å²) in [4.78, 5) is 23.3. The third-order valence-corrected chi connectivity index (χ3v) is 8.80. The monoisotopic (exact) mass is 512 g/mol. The Bertz CT molecular complexity index is 1320. The van der Waals surface area contributed by atoms with Crippen molar-refractivity contribution in [2.24, 2.45) is 10.9 Å². The summed E-state index contributed by atoms with van der Waals surface area (Å²) in [6, 6.07) is 17.0. The number of carbonyl (C=O) groups excluding carboxylic acids is 1. The Balaban J connectivity index is 1.25. The molecule has 6 heteroatoms. The Morgan fingerprint density at radius 1 is 0.947 bits per heavy atom. The first-order valence-electron chi connectivity index (χ1n) is 14.4. The molecule has 0 amide bonds. The van der Waals surface area contributed by atoms with Crippen molar-refractivity contribution in [2.75, 3.05) is 32.7 Å². The predicted octanol–water partition coefficient (Wildman–Crippen LogP) is 5.49. The summed E-state index contributed by atoms with van der Waals surface area (Å²) in [7, 11) is 0. The lowest BCUT2D eigenvalue weighted by Crippen LogP contribution is -2.48. The predicted molar refractivity (Wildman–Crippen MR) is 154 cm³/mol. The zero-order chi connectivity index (χ0) is 26.2. The fourth-order valence-corrected chi connectivity index (χ4v) is 6.51. The molecule has 1 aromatic heterocycles. The van der Waals surface area contributed by atoms with Crippen LogP contribution in [0, 0.1) is 12.8 Å². The van der Waals surface area contributed by atoms with Crippen LogP contribution in [0.4, 0.5) is 0 Å². The van der Waals surface area contributed by atoms with E-state index in [-0.39, 0.29) is 17.8 Å². The molecule has 3 heterocycles. The molecule has 0 atom stereocenters. The highest BCUT2D eigenvalue weighted by atomic mass is 16.3. The summed E-state index contributed by atoms with van der Waals surface area (Å²) in [6.07, 6.45) is 7.48. The lowest BCUT2D eigenvalue weighted by molar-refractivity contribution is 0.0864. The quantitative estimate of drug-likeness (QED) is 0.444. The van der Waals surface area contributed by atoms with E-state index < -0.39 is 0 Å². The molecule has 0 bridgehead atoms. The molecule has 6 rings (SSSR count). The van der Waals surface area contributed by atoms with Gasteiger partial charge in [-0.25, -0.2) is 0 Å². The van der Waals surface area contributed by atoms with Crippen LogP contribution in [-0.2, 0) is 0 Å². The van der Waals surface area contributed by atoms with E-state index in [2.05, 4.69) is 9.80 Å². The number of fused-ring (bicyclic) bond motifs is 1. The van der Waals surface area contributed by atoms with Crippen LogP contribution in [0.2, 0.25) is 0 Å². The lowest BCUT2D eigenvalue weighted by Gasteiger charge is -2.41. The summed E-state index contributed by atoms with van der Waals surface area (Å²) < 4.78 is 1.42. The fourth-order valence-electron chi connectivity index (χ4n) is 6.51. The second-order valence-electron chi connectivity index (χ2n) is 11.7. The summed E-state index contributed by atoms with van der Waals surface area (Å²) in [6.45, 7) is 9.46. The van der Waals surface area contributed by atoms with Crippen LogP contribution in [0.5, 0.6) is 5.88 Å². The van der Waals surface area contributed by atoms with Gasteiger partial charge >= 0.3 is 0 Å². The Morgan fingerprint density at radius 2 is 1.66 bits per heavy atom. The van der Waals surface area contributed by atoms with Crippen molar-refractivity contribution in [1.29, 1.82) is 0 Å². The summed E-state index contributed by atoms with van der Waals surface area (Å²) in [5, 5.41) is 12.2. The van der Waals surface area contributed by atoms with E-state index in [1.807, 2.05) is 55.5 Å². The van der Waals surface area contributed by atoms with Crippen molar-refractivity contribution in [1.82, 2.24) is 14.4 Å². The first-order valence-corrected chi connectivity index (χ1v) is 14.4. The van der Waals surface area contributed by atoms with E-state index >= 15 is 0 Å². The number of benzene rings is 2. The average Bonchev–Trinajstić information content (AvgIpc) is 3.69. The molecular formula is C32H40N4O2. The molecule has 6 nitrogen and oxygen atoms in total. The highest BCUT2D eigenvalue weighted by molar-refractivity contribution is 6.22. The normalized spacial score (nSPS) is 20.8. The van der Waals surface area contributed by atoms with Gasteiger partial charge in [0.05, 0.1) is 22.8 Å². The third-order valence-electron chi connectivity index (χ3n) is 8.80. The van der Waals surface area contributed by atoms with Crippen molar-refractivity contribution < 1.29 is 9.90 Å². The van der Waals surface area contributed by atoms with Gasteiger partial charge in [-0.05, 0) is 76.1 Å². The number of hydrogen-bond donors (Lipinski definition) is 1. The molecule has 1 saturated carbocycles. The molecule has 2 saturated heterocycles. The van der Waals surface area contributed by atoms with Gasteiger partial charge in [-0.3, -0.25) is 14.4 Å². The molecule has 2 aliphatic heterocycles. The number of carbonyl (C=O) groups is 1. The van der Waals surface area contributed by atoms with E-state index in [0.717, 1.165) is 59.6 Å². The molecule has 3 fully saturated rings. The minimum absolute atomic E-state index is 0.0175. The van der Waals surface area contributed by atoms with Gasteiger partial charge in [0.1, 0.15) is 0 Å². The molecule has 0 spiro atoms. The number of likely N-dealkylation sites (tertiary alicyclic amines) is 2. The maximum absolute atomic E-state index is 12.6. The number of piperidine rings is 2. The van der Waals surface area contributed by atoms with Crippen LogP contribution in [0.15, 0.2) is 53.5 Å². The molecule has 1 aliphatic carbocycles. The van der Waals surface area contributed by atoms with Gasteiger partial charge in [-0.2, -0.15) is 0 Å². The van der Waals surface area contributed by atoms with Crippen LogP contribution in [0.3, 0.4) is 0 Å². The van der Waals surface area contributed by atoms with Crippen molar-refractivity contribution in [3.05, 3.63) is 65.2 Å². The van der Waals surface area contributed by atoms with Crippen LogP contribution in [-0.4, -0.2) is 75.9 Å². The maximum Gasteiger partial charge on any atom is 0.230 e. The van der Waals surface area contributed by atoms with Crippen LogP contribution < -0.4 is 0 Å². The maximum atomic E-state index is 12.6. The minimum atomic E-state index is -0.201. The molecule has 3 aromatic rings. The third kappa shape index (κ3) is 5.16. The topological polar surface area (TPSA) is 61.1 Å². The smallest absolute Gasteiger partial charge is 0.230 e. The van der Waals surface area contributed by atoms with Crippen LogP contribution in [0.1, 0.15) is 66.9 Å². The average molecular weight is 513 g/mol. The van der Waals surface area contributed by atoms with Gasteiger partial charge in [0, 0.05) is 43.5 Å². The number of aliphatic imine (C=N–C) groups is 1. The largest absolute Gasteiger partial charge is 0.494 e. The highest BCUT2D eigenvalue weighted by Crippen LogP contribution is 2.35. The van der Waals surface area contributed by atoms with Gasteiger partial charge in [0.15, 0.2) is 0 Å². The van der Waals surface area contributed by atoms with E-state index in [9.17, 15) is 9.90 Å². The van der Waals surface area contributed by atoms with Crippen molar-refractivity contribution in [2.45, 2.75) is 64.5 Å². The van der Waals surface area contributed by atoms with E-state index in [0.29, 0.717) is 11.6 Å². The molecule has 0 unspecified atom stereocenters. The van der Waals surface area contributed by atoms with Crippen molar-refractivity contribution in [3.63, 3.8) is 0 Å². The number of rotatable bonds is 6. The van der Waals surface area contributed by atoms with Crippen LogP contribution in [0.25, 0.3) is 10.9 Å². The first-order chi connectivity index (χ1) is 18.5. The SMILES string of the molecule is CC(=O)n1c(O)c(C(=NC2CCN(C3CCN(CC4CC4)CC3)CC2)c2ccccc2)c2ccc(C)cc21. The Morgan fingerprint density at radius 3 is 2.32 bits per heavy atom. The van der Waals surface area contributed by atoms with Gasteiger partial charge < -0.3 is 14.9 Å². The Labute approximate surface area is 226 Å². The van der Waals surface area contributed by atoms with E-state index in [1.165, 1.54) is 56.8 Å². The molecule has 38 heavy (non-hydrogen) atoms. The van der Waals surface area contributed by atoms with Gasteiger partial charge in [-0.1, -0.05) is 42.5 Å². The number of hydrogen-bond acceptors (Lipinski definition) is 5. The van der Waals surface area contributed by atoms with Gasteiger partial charge in [-0.15, -0.1) is 0 Å². The molecule has 1 N–H and O–H groups in total. The highest BCUT2D eigenvalue weighted by Gasteiger charge is 2.31. The van der Waals surface area contributed by atoms with E-state index in [4.69, 9.17) is 4.99 Å². The molecule has 0 radical (unpaired) electrons. The molecule has 200 valence electrons. The lowest BCUT2D eigenvalue weighted by atomic mass is 9.96. The molecule has 2 aromatic carbocycles. The number of aromatic nitrogens is 1. The van der Waals surface area contributed by atoms with E-state index in [1.54, 1.807) is 0 Å². The zero-order valence-corrected chi connectivity index (χ0v) is 22.8. The number of aryl methyl sites for hydroxylation is 1. The number of nitrogens with zero attached hydrogens (tertiary/aromatic N) is 4. The second kappa shape index (κ2) is 10.7. The zero-order valence-electron chi connectivity index (χ0n) is 22.8. The number of aromatic hydroxyl groups is 1. The Kier molecular flexibility index (Phi) is 7.10. The molecular weight excluding hydrogens is 472 g/mol. The minimum Gasteiger partial charge on any atom is -0.494 e. The second-order valence-corrected chi connectivity index (χ2v) is 11.7. The van der Waals surface area contributed by atoms with Crippen molar-refractivity contribution in [3.8, 4) is 5.88 Å². The van der Waals surface area contributed by atoms with Crippen LogP contribution >= 0.6 is 0 Å². The summed E-state index contributed by atoms with van der Waals surface area (Å²) >= 11 is 0. The molecule has 3 aliphatic rings. The standard InChI is InChI=1S/C32H40N4O2/c1-22-8-11-28-29(20-22)36(23(2)37)32(38)30(28)31(25-6-4-3-5-7-25)33-26-12-18-35(19-13-26)27-14-16-34(17-15-27)21-24-9-10-24/h3-8,11,20,24,26-27,38H,9-10,12-19,21H2,1-2H3. The first kappa shape index (κ1) is 25.3. The summed E-state index contributed by atoms with van der Waals surface area (Å²) in [5.74, 6) is 0.760. The van der Waals surface area contributed by atoms with Crippen molar-refractivity contribution >= 4 is 22.5 Å². The summed E-state index contributed by atoms with van der Waals surface area (Å²) in [5.41, 5.74) is 4.19. The Hall–Kier alpha value is -2.96. The fraction of sp³-hybridized carbons (Fsp3) is 0.500.